The van der Waals surface area contributed by atoms with Gasteiger partial charge >= 0.3 is 5.69 Å². The van der Waals surface area contributed by atoms with E-state index in [9.17, 15) is 19.5 Å². The molecule has 0 unspecified atom stereocenters. The number of imidazole rings is 1. The number of piperidine rings is 1. The zero-order valence-corrected chi connectivity index (χ0v) is 19.9. The summed E-state index contributed by atoms with van der Waals surface area (Å²) in [7, 11) is 3.39. The van der Waals surface area contributed by atoms with E-state index in [1.807, 2.05) is 31.2 Å². The molecule has 1 fully saturated rings. The SMILES string of the molecule is Cc1cc2c(cc1N1C(=O)c3cccc4c(N5CCC(O)CC5)ccc(c34)C1=O)n(C)c(=O)n2C. The molecular weight excluding hydrogens is 444 g/mol. The fourth-order valence-corrected chi connectivity index (χ4v) is 5.56. The number of rotatable bonds is 2. The van der Waals surface area contributed by atoms with E-state index < -0.39 is 0 Å². The van der Waals surface area contributed by atoms with Crippen LogP contribution >= 0.6 is 0 Å². The maximum atomic E-state index is 13.8. The second-order valence-electron chi connectivity index (χ2n) is 9.55. The number of aryl methyl sites for hydroxylation is 3. The molecule has 1 N–H and O–H groups in total. The molecule has 1 saturated heterocycles. The Morgan fingerprint density at radius 2 is 1.46 bits per heavy atom. The number of carbonyl (C=O) groups excluding carboxylic acids is 2. The monoisotopic (exact) mass is 470 g/mol. The third-order valence-corrected chi connectivity index (χ3v) is 7.52. The minimum Gasteiger partial charge on any atom is -0.393 e. The predicted octanol–water partition coefficient (Wildman–Crippen LogP) is 3.10. The smallest absolute Gasteiger partial charge is 0.328 e. The standard InChI is InChI=1S/C27H26N4O4/c1-15-13-22-23(29(3)27(35)28(22)2)14-21(15)31-25(33)18-6-4-5-17-20(30-11-9-16(32)10-12-30)8-7-19(24(17)18)26(31)34/h4-8,13-14,16,32H,9-12H2,1-3H3. The van der Waals surface area contributed by atoms with Crippen molar-refractivity contribution >= 4 is 45.0 Å². The molecule has 3 heterocycles. The maximum absolute atomic E-state index is 13.8. The summed E-state index contributed by atoms with van der Waals surface area (Å²) in [5, 5.41) is 11.5. The van der Waals surface area contributed by atoms with Crippen molar-refractivity contribution in [3.8, 4) is 0 Å². The van der Waals surface area contributed by atoms with Crippen LogP contribution in [-0.2, 0) is 14.1 Å². The molecule has 8 heteroatoms. The fourth-order valence-electron chi connectivity index (χ4n) is 5.56. The average Bonchev–Trinajstić information content (AvgIpc) is 3.06. The average molecular weight is 471 g/mol. The molecule has 0 atom stereocenters. The van der Waals surface area contributed by atoms with Crippen LogP contribution in [0.3, 0.4) is 0 Å². The molecule has 0 aliphatic carbocycles. The number of fused-ring (bicyclic) bond motifs is 1. The van der Waals surface area contributed by atoms with Crippen molar-refractivity contribution in [1.29, 1.82) is 0 Å². The molecule has 0 spiro atoms. The molecule has 0 saturated carbocycles. The number of nitrogens with zero attached hydrogens (tertiary/aromatic N) is 4. The molecule has 35 heavy (non-hydrogen) atoms. The highest BCUT2D eigenvalue weighted by Crippen LogP contribution is 2.39. The molecule has 3 aromatic carbocycles. The van der Waals surface area contributed by atoms with E-state index >= 15 is 0 Å². The van der Waals surface area contributed by atoms with E-state index in [0.717, 1.165) is 35.2 Å². The quantitative estimate of drug-likeness (QED) is 0.455. The molecule has 6 rings (SSSR count). The molecule has 4 aromatic rings. The highest BCUT2D eigenvalue weighted by molar-refractivity contribution is 6.36. The topological polar surface area (TPSA) is 87.8 Å². The first kappa shape index (κ1) is 21.6. The van der Waals surface area contributed by atoms with Crippen LogP contribution in [0.5, 0.6) is 0 Å². The van der Waals surface area contributed by atoms with E-state index in [1.54, 1.807) is 36.9 Å². The lowest BCUT2D eigenvalue weighted by atomic mass is 9.91. The lowest BCUT2D eigenvalue weighted by Crippen LogP contribution is -2.41. The summed E-state index contributed by atoms with van der Waals surface area (Å²) in [6, 6.07) is 12.9. The summed E-state index contributed by atoms with van der Waals surface area (Å²) >= 11 is 0. The Kier molecular flexibility index (Phi) is 4.66. The Labute approximate surface area is 201 Å². The van der Waals surface area contributed by atoms with Crippen molar-refractivity contribution in [2.45, 2.75) is 25.9 Å². The third kappa shape index (κ3) is 2.99. The summed E-state index contributed by atoms with van der Waals surface area (Å²) in [4.78, 5) is 43.4. The lowest BCUT2D eigenvalue weighted by Gasteiger charge is -2.34. The van der Waals surface area contributed by atoms with Crippen molar-refractivity contribution in [3.05, 3.63) is 69.6 Å². The zero-order chi connectivity index (χ0) is 24.6. The number of hydrogen-bond donors (Lipinski definition) is 1. The molecule has 2 aliphatic rings. The van der Waals surface area contributed by atoms with Crippen LogP contribution in [0.1, 0.15) is 39.1 Å². The van der Waals surface area contributed by atoms with Crippen LogP contribution in [-0.4, -0.2) is 45.2 Å². The van der Waals surface area contributed by atoms with Gasteiger partial charge in [-0.3, -0.25) is 18.7 Å². The second kappa shape index (κ2) is 7.55. The number of aliphatic hydroxyl groups is 1. The van der Waals surface area contributed by atoms with Crippen molar-refractivity contribution in [1.82, 2.24) is 9.13 Å². The summed E-state index contributed by atoms with van der Waals surface area (Å²) < 4.78 is 3.08. The minimum absolute atomic E-state index is 0.166. The number of amides is 2. The number of aliphatic hydroxyl groups excluding tert-OH is 1. The van der Waals surface area contributed by atoms with Crippen molar-refractivity contribution in [2.24, 2.45) is 14.1 Å². The Morgan fingerprint density at radius 3 is 2.14 bits per heavy atom. The van der Waals surface area contributed by atoms with Crippen molar-refractivity contribution in [2.75, 3.05) is 22.9 Å². The van der Waals surface area contributed by atoms with Crippen LogP contribution in [0.4, 0.5) is 11.4 Å². The largest absolute Gasteiger partial charge is 0.393 e. The summed E-state index contributed by atoms with van der Waals surface area (Å²) in [6.45, 7) is 3.29. The van der Waals surface area contributed by atoms with E-state index in [1.165, 1.54) is 9.47 Å². The van der Waals surface area contributed by atoms with Gasteiger partial charge in [-0.1, -0.05) is 12.1 Å². The van der Waals surface area contributed by atoms with E-state index in [2.05, 4.69) is 4.90 Å². The van der Waals surface area contributed by atoms with Crippen molar-refractivity contribution in [3.63, 3.8) is 0 Å². The van der Waals surface area contributed by atoms with E-state index in [0.29, 0.717) is 40.6 Å². The Bertz CT molecular complexity index is 1600. The summed E-state index contributed by atoms with van der Waals surface area (Å²) in [6.07, 6.45) is 1.10. The molecule has 0 radical (unpaired) electrons. The van der Waals surface area contributed by atoms with Crippen molar-refractivity contribution < 1.29 is 14.7 Å². The second-order valence-corrected chi connectivity index (χ2v) is 9.55. The molecular formula is C27H26N4O4. The van der Waals surface area contributed by atoms with Crippen LogP contribution in [0.15, 0.2) is 47.3 Å². The Hall–Kier alpha value is -3.91. The number of anilines is 2. The van der Waals surface area contributed by atoms with Crippen LogP contribution in [0.25, 0.3) is 21.8 Å². The van der Waals surface area contributed by atoms with Gasteiger partial charge in [-0.25, -0.2) is 9.69 Å². The summed E-state index contributed by atoms with van der Waals surface area (Å²) in [5.74, 6) is -0.745. The van der Waals surface area contributed by atoms with Gasteiger partial charge in [0.1, 0.15) is 0 Å². The number of benzene rings is 3. The van der Waals surface area contributed by atoms with Gasteiger partial charge in [0.25, 0.3) is 11.8 Å². The van der Waals surface area contributed by atoms with Gasteiger partial charge in [0.05, 0.1) is 22.8 Å². The van der Waals surface area contributed by atoms with Gasteiger partial charge in [0, 0.05) is 54.8 Å². The van der Waals surface area contributed by atoms with Crippen LogP contribution < -0.4 is 15.5 Å². The van der Waals surface area contributed by atoms with E-state index in [4.69, 9.17) is 0 Å². The molecule has 0 bridgehead atoms. The molecule has 1 aromatic heterocycles. The maximum Gasteiger partial charge on any atom is 0.328 e. The first-order valence-electron chi connectivity index (χ1n) is 11.8. The van der Waals surface area contributed by atoms with Gasteiger partial charge in [-0.2, -0.15) is 0 Å². The highest BCUT2D eigenvalue weighted by Gasteiger charge is 2.36. The first-order valence-corrected chi connectivity index (χ1v) is 11.8. The molecule has 8 nitrogen and oxygen atoms in total. The first-order chi connectivity index (χ1) is 16.8. The number of imide groups is 1. The predicted molar refractivity (Wildman–Crippen MR) is 135 cm³/mol. The lowest BCUT2D eigenvalue weighted by molar-refractivity contribution is 0.0893. The number of hydrogen-bond acceptors (Lipinski definition) is 5. The van der Waals surface area contributed by atoms with E-state index in [-0.39, 0.29) is 23.6 Å². The molecule has 2 aliphatic heterocycles. The highest BCUT2D eigenvalue weighted by atomic mass is 16.3. The Balaban J connectivity index is 1.51. The van der Waals surface area contributed by atoms with Gasteiger partial charge in [-0.15, -0.1) is 0 Å². The summed E-state index contributed by atoms with van der Waals surface area (Å²) in [5.41, 5.74) is 4.39. The third-order valence-electron chi connectivity index (χ3n) is 7.52. The fraction of sp³-hybridized carbons (Fsp3) is 0.296. The van der Waals surface area contributed by atoms with Gasteiger partial charge < -0.3 is 10.0 Å². The van der Waals surface area contributed by atoms with Gasteiger partial charge in [0.2, 0.25) is 0 Å². The molecule has 2 amide bonds. The zero-order valence-electron chi connectivity index (χ0n) is 19.9. The Morgan fingerprint density at radius 1 is 0.829 bits per heavy atom. The number of aromatic nitrogens is 2. The molecule has 178 valence electrons. The normalized spacial score (nSPS) is 16.7. The van der Waals surface area contributed by atoms with Crippen LogP contribution in [0.2, 0.25) is 0 Å². The van der Waals surface area contributed by atoms with Gasteiger partial charge in [-0.05, 0) is 55.7 Å². The number of carbonyl (C=O) groups is 2. The minimum atomic E-state index is -0.373. The van der Waals surface area contributed by atoms with Crippen LogP contribution in [0, 0.1) is 6.92 Å². The van der Waals surface area contributed by atoms with Gasteiger partial charge in [0.15, 0.2) is 0 Å².